The highest BCUT2D eigenvalue weighted by Crippen LogP contribution is 2.13. The molecule has 0 saturated heterocycles. The Kier molecular flexibility index (Phi) is 16.5. The largest absolute Gasteiger partial charge is 0.497 e. The second kappa shape index (κ2) is 21.5. The Balaban J connectivity index is 0.000000286. The van der Waals surface area contributed by atoms with E-state index in [1.165, 1.54) is 45.4 Å². The number of Topliss-reactive ketones (excluding diaryl/α,β-unsaturated/α-hetero) is 1. The van der Waals surface area contributed by atoms with Crippen LogP contribution in [0.3, 0.4) is 0 Å². The van der Waals surface area contributed by atoms with Crippen LogP contribution < -0.4 is 20.1 Å². The normalized spacial score (nSPS) is 11.2. The fourth-order valence-corrected chi connectivity index (χ4v) is 4.30. The molecule has 3 N–H and O–H groups in total. The molecule has 0 saturated carbocycles. The van der Waals surface area contributed by atoms with Gasteiger partial charge in [0.2, 0.25) is 11.7 Å². The predicted molar refractivity (Wildman–Crippen MR) is 190 cm³/mol. The first-order valence-corrected chi connectivity index (χ1v) is 16.2. The van der Waals surface area contributed by atoms with Gasteiger partial charge in [-0.15, -0.1) is 0 Å². The number of carboxylic acids is 1. The molecule has 0 heterocycles. The lowest BCUT2D eigenvalue weighted by Gasteiger charge is -2.20. The van der Waals surface area contributed by atoms with Crippen molar-refractivity contribution in [2.75, 3.05) is 27.4 Å². The minimum absolute atomic E-state index is 0.0673. The summed E-state index contributed by atoms with van der Waals surface area (Å²) in [4.78, 5) is 70.9. The van der Waals surface area contributed by atoms with Gasteiger partial charge in [-0.3, -0.25) is 14.4 Å². The Morgan fingerprint density at radius 3 is 1.49 bits per heavy atom. The van der Waals surface area contributed by atoms with Crippen LogP contribution in [-0.2, 0) is 41.6 Å². The molecule has 0 unspecified atom stereocenters. The van der Waals surface area contributed by atoms with E-state index in [1.54, 1.807) is 24.3 Å². The molecule has 4 aromatic rings. The summed E-state index contributed by atoms with van der Waals surface area (Å²) >= 11 is 0. The Hall–Kier alpha value is -6.70. The van der Waals surface area contributed by atoms with Crippen molar-refractivity contribution in [1.29, 1.82) is 0 Å². The van der Waals surface area contributed by atoms with E-state index in [-0.39, 0.29) is 24.2 Å². The lowest BCUT2D eigenvalue weighted by molar-refractivity contribution is -0.141. The number of methoxy groups -OCH3 is 2. The summed E-state index contributed by atoms with van der Waals surface area (Å²) in [7, 11) is 3.03. The van der Waals surface area contributed by atoms with Gasteiger partial charge in [0.05, 0.1) is 25.3 Å². The van der Waals surface area contributed by atoms with Crippen molar-refractivity contribution in [2.45, 2.75) is 32.0 Å². The summed E-state index contributed by atoms with van der Waals surface area (Å²) in [5, 5.41) is 13.9. The van der Waals surface area contributed by atoms with Gasteiger partial charge in [-0.25, -0.2) is 14.4 Å². The molecular weight excluding hydrogens is 688 g/mol. The molecule has 14 heteroatoms. The second-order valence-electron chi connectivity index (χ2n) is 11.2. The second-order valence-corrected chi connectivity index (χ2v) is 11.2. The van der Waals surface area contributed by atoms with Crippen LogP contribution in [0.2, 0.25) is 0 Å². The minimum atomic E-state index is -1.16. The molecule has 0 bridgehead atoms. The SMILES string of the molecule is COc1ccc(C(=O)OCC(=O)COC(=O)c2ccc(OC)cc2)cc1.C[C@H](NC(=O)[C@H](Cc1ccccc1)NC(=O)OCc1ccccc1)C(=O)O. The maximum Gasteiger partial charge on any atom is 0.408 e. The molecule has 0 aliphatic rings. The molecule has 278 valence electrons. The molecule has 0 aromatic heterocycles. The molecular formula is C39H40N2O12. The fraction of sp³-hybridized carbons (Fsp3) is 0.231. The van der Waals surface area contributed by atoms with Crippen molar-refractivity contribution in [2.24, 2.45) is 0 Å². The molecule has 4 rings (SSSR count). The number of carbonyl (C=O) groups is 6. The summed E-state index contributed by atoms with van der Waals surface area (Å²) < 4.78 is 24.9. The third kappa shape index (κ3) is 14.6. The van der Waals surface area contributed by atoms with E-state index in [0.717, 1.165) is 11.1 Å². The number of esters is 2. The number of ether oxygens (including phenoxy) is 5. The summed E-state index contributed by atoms with van der Waals surface area (Å²) in [6.45, 7) is 0.451. The van der Waals surface area contributed by atoms with Gasteiger partial charge in [-0.2, -0.15) is 0 Å². The Bertz CT molecular complexity index is 1730. The standard InChI is InChI=1S/C20H22N2O5.C19H18O7/c1-14(19(24)25)21-18(23)17(12-15-8-4-2-5-9-15)22-20(26)27-13-16-10-6-3-7-11-16;1-23-16-7-3-13(4-8-16)18(21)25-11-15(20)12-26-19(22)14-5-9-17(24-2)10-6-14/h2-11,14,17H,12-13H2,1H3,(H,21,23)(H,22,26)(H,24,25);3-10H,11-12H2,1-2H3/t14-,17-;/m0./s1. The molecule has 0 aliphatic carbocycles. The smallest absolute Gasteiger partial charge is 0.408 e. The zero-order valence-electron chi connectivity index (χ0n) is 29.3. The zero-order valence-corrected chi connectivity index (χ0v) is 29.3. The van der Waals surface area contributed by atoms with E-state index in [2.05, 4.69) is 10.6 Å². The number of hydrogen-bond donors (Lipinski definition) is 3. The van der Waals surface area contributed by atoms with Gasteiger partial charge < -0.3 is 39.4 Å². The third-order valence-electron chi connectivity index (χ3n) is 7.21. The van der Waals surface area contributed by atoms with Crippen molar-refractivity contribution in [3.63, 3.8) is 0 Å². The van der Waals surface area contributed by atoms with E-state index in [4.69, 9.17) is 28.8 Å². The third-order valence-corrected chi connectivity index (χ3v) is 7.21. The maximum absolute atomic E-state index is 12.4. The van der Waals surface area contributed by atoms with Crippen molar-refractivity contribution < 1.29 is 57.6 Å². The topological polar surface area (TPSA) is 193 Å². The average molecular weight is 729 g/mol. The average Bonchev–Trinajstić information content (AvgIpc) is 3.19. The molecule has 2 atom stereocenters. The van der Waals surface area contributed by atoms with Crippen LogP contribution >= 0.6 is 0 Å². The lowest BCUT2D eigenvalue weighted by atomic mass is 10.1. The van der Waals surface area contributed by atoms with Crippen LogP contribution in [0, 0.1) is 0 Å². The number of rotatable bonds is 16. The highest BCUT2D eigenvalue weighted by molar-refractivity contribution is 5.94. The first kappa shape index (κ1) is 40.7. The molecule has 0 aliphatic heterocycles. The summed E-state index contributed by atoms with van der Waals surface area (Å²) in [6, 6.07) is 28.7. The number of amides is 2. The predicted octanol–water partition coefficient (Wildman–Crippen LogP) is 4.40. The number of carbonyl (C=O) groups excluding carboxylic acids is 5. The van der Waals surface area contributed by atoms with Crippen LogP contribution in [0.25, 0.3) is 0 Å². The summed E-state index contributed by atoms with van der Waals surface area (Å²) in [5.74, 6) is -2.39. The Morgan fingerprint density at radius 2 is 1.06 bits per heavy atom. The van der Waals surface area contributed by atoms with Crippen molar-refractivity contribution in [3.05, 3.63) is 131 Å². The van der Waals surface area contributed by atoms with E-state index in [9.17, 15) is 28.8 Å². The number of nitrogens with one attached hydrogen (secondary N) is 2. The number of carboxylic acid groups (broad SMARTS) is 1. The Labute approximate surface area is 306 Å². The highest BCUT2D eigenvalue weighted by atomic mass is 16.6. The van der Waals surface area contributed by atoms with Crippen LogP contribution in [0.15, 0.2) is 109 Å². The molecule has 0 radical (unpaired) electrons. The molecule has 0 fully saturated rings. The molecule has 14 nitrogen and oxygen atoms in total. The van der Waals surface area contributed by atoms with Gasteiger partial charge in [0.1, 0.15) is 30.2 Å². The quantitative estimate of drug-likeness (QED) is 0.109. The number of aliphatic carboxylic acids is 1. The van der Waals surface area contributed by atoms with E-state index < -0.39 is 61.0 Å². The monoisotopic (exact) mass is 728 g/mol. The van der Waals surface area contributed by atoms with Gasteiger partial charge in [0.15, 0.2) is 13.2 Å². The van der Waals surface area contributed by atoms with Crippen molar-refractivity contribution >= 4 is 35.7 Å². The lowest BCUT2D eigenvalue weighted by Crippen LogP contribution is -2.51. The first-order valence-electron chi connectivity index (χ1n) is 16.2. The first-order chi connectivity index (χ1) is 25.5. The minimum Gasteiger partial charge on any atom is -0.497 e. The van der Waals surface area contributed by atoms with Gasteiger partial charge in [-0.1, -0.05) is 60.7 Å². The van der Waals surface area contributed by atoms with Crippen LogP contribution in [-0.4, -0.2) is 80.3 Å². The summed E-state index contributed by atoms with van der Waals surface area (Å²) in [6.07, 6.45) is -0.544. The number of ketones is 1. The zero-order chi connectivity index (χ0) is 38.6. The number of hydrogen-bond acceptors (Lipinski definition) is 11. The van der Waals surface area contributed by atoms with E-state index in [0.29, 0.717) is 11.5 Å². The van der Waals surface area contributed by atoms with Gasteiger partial charge in [0, 0.05) is 6.42 Å². The van der Waals surface area contributed by atoms with Crippen molar-refractivity contribution in [1.82, 2.24) is 10.6 Å². The van der Waals surface area contributed by atoms with Crippen LogP contribution in [0.5, 0.6) is 11.5 Å². The summed E-state index contributed by atoms with van der Waals surface area (Å²) in [5.41, 5.74) is 2.21. The van der Waals surface area contributed by atoms with E-state index >= 15 is 0 Å². The molecule has 2 amide bonds. The highest BCUT2D eigenvalue weighted by Gasteiger charge is 2.25. The van der Waals surface area contributed by atoms with Crippen molar-refractivity contribution in [3.8, 4) is 11.5 Å². The van der Waals surface area contributed by atoms with Crippen LogP contribution in [0.4, 0.5) is 4.79 Å². The molecule has 0 spiro atoms. The fourth-order valence-electron chi connectivity index (χ4n) is 4.30. The van der Waals surface area contributed by atoms with Gasteiger partial charge in [0.25, 0.3) is 0 Å². The van der Waals surface area contributed by atoms with Crippen LogP contribution in [0.1, 0.15) is 38.8 Å². The number of alkyl carbamates (subject to hydrolysis) is 1. The maximum atomic E-state index is 12.4. The van der Waals surface area contributed by atoms with Gasteiger partial charge >= 0.3 is 24.0 Å². The Morgan fingerprint density at radius 1 is 0.604 bits per heavy atom. The van der Waals surface area contributed by atoms with Gasteiger partial charge in [-0.05, 0) is 66.6 Å². The van der Waals surface area contributed by atoms with E-state index in [1.807, 2.05) is 60.7 Å². The molecule has 53 heavy (non-hydrogen) atoms. The number of benzene rings is 4. The molecule has 4 aromatic carbocycles.